The molecular weight excluding hydrogens is 817 g/mol. The summed E-state index contributed by atoms with van der Waals surface area (Å²) in [6.45, 7) is 8.53. The van der Waals surface area contributed by atoms with Crippen molar-refractivity contribution >= 4 is 45.4 Å². The van der Waals surface area contributed by atoms with Gasteiger partial charge in [0.25, 0.3) is 0 Å². The van der Waals surface area contributed by atoms with Crippen LogP contribution in [0.2, 0.25) is 0 Å². The zero-order chi connectivity index (χ0) is 38.8. The van der Waals surface area contributed by atoms with Gasteiger partial charge in [-0.3, -0.25) is 9.78 Å². The Hall–Kier alpha value is -3.91. The molecule has 0 saturated carbocycles. The number of benzene rings is 2. The van der Waals surface area contributed by atoms with Gasteiger partial charge in [-0.2, -0.15) is 5.10 Å². The van der Waals surface area contributed by atoms with Crippen molar-refractivity contribution < 1.29 is 18.4 Å². The average Bonchev–Trinajstić information content (AvgIpc) is 3.79. The van der Waals surface area contributed by atoms with E-state index >= 15 is 4.39 Å². The molecule has 6 rings (SSSR count). The Morgan fingerprint density at radius 2 is 1.94 bits per heavy atom. The second-order valence-electron chi connectivity index (χ2n) is 15.1. The van der Waals surface area contributed by atoms with Gasteiger partial charge in [0.05, 0.1) is 31.4 Å². The van der Waals surface area contributed by atoms with E-state index in [1.165, 1.54) is 13.2 Å². The molecule has 286 valence electrons. The minimum Gasteiger partial charge on any atom is -0.469 e. The summed E-state index contributed by atoms with van der Waals surface area (Å²) in [5.74, 6) is 6.98. The van der Waals surface area contributed by atoms with Gasteiger partial charge in [-0.15, -0.1) is 0 Å². The number of aryl methyl sites for hydroxylation is 1. The maximum atomic E-state index is 16.4. The standard InChI is InChI=1S/C40H49FIN8O3P/c1-24(37(51)52-6)18-25-10-9-11-27(19-25)40(4)15-8-7-14-39(2,3)33(43)23-50(44)22-29-28-13-17-45-31(28)21-30(41)34(29)35(53-54-42)26-12-16-46-32(20-26)36-47-38(40)48-49(36)5/h9-13,16-17,19-21,23-24,35,45,54H,7-8,14-15,18,22,43-44H2,1-6H3/b33-23-/t24?,35?,40-/m1/s1. The molecule has 54 heavy (non-hydrogen) atoms. The number of nitrogens with zero attached hydrogens (tertiary/aromatic N) is 5. The van der Waals surface area contributed by atoms with E-state index in [4.69, 9.17) is 35.9 Å². The number of rotatable bonds is 6. The quantitative estimate of drug-likeness (QED) is 0.0664. The van der Waals surface area contributed by atoms with Crippen LogP contribution in [-0.4, -0.2) is 42.8 Å². The maximum absolute atomic E-state index is 16.4. The Labute approximate surface area is 330 Å². The number of H-pyrrole nitrogens is 1. The van der Waals surface area contributed by atoms with Crippen molar-refractivity contribution in [3.05, 3.63) is 112 Å². The summed E-state index contributed by atoms with van der Waals surface area (Å²) in [5, 5.41) is 7.42. The summed E-state index contributed by atoms with van der Waals surface area (Å²) >= 11 is 2.17. The normalized spacial score (nSPS) is 21.2. The topological polar surface area (TPSA) is 150 Å². The molecule has 0 amide bonds. The third kappa shape index (κ3) is 8.19. The second-order valence-corrected chi connectivity index (χ2v) is 16.8. The summed E-state index contributed by atoms with van der Waals surface area (Å²) in [7, 11) is 3.28. The first-order valence-electron chi connectivity index (χ1n) is 18.1. The number of carbonyl (C=O) groups is 1. The predicted octanol–water partition coefficient (Wildman–Crippen LogP) is 8.28. The fourth-order valence-corrected chi connectivity index (χ4v) is 8.57. The van der Waals surface area contributed by atoms with Gasteiger partial charge in [0.15, 0.2) is 11.6 Å². The number of hydrogen-bond donors (Lipinski definition) is 3. The van der Waals surface area contributed by atoms with Crippen LogP contribution in [0.15, 0.2) is 72.8 Å². The highest BCUT2D eigenvalue weighted by Crippen LogP contribution is 2.43. The van der Waals surface area contributed by atoms with E-state index in [0.717, 1.165) is 47.8 Å². The molecule has 0 aliphatic carbocycles. The number of hydrogen-bond acceptors (Lipinski definition) is 9. The van der Waals surface area contributed by atoms with E-state index in [1.54, 1.807) is 28.3 Å². The van der Waals surface area contributed by atoms with Crippen molar-refractivity contribution in [1.82, 2.24) is 29.7 Å². The lowest BCUT2D eigenvalue weighted by Gasteiger charge is -2.30. The van der Waals surface area contributed by atoms with Crippen LogP contribution in [0.5, 0.6) is 0 Å². The van der Waals surface area contributed by atoms with E-state index < -0.39 is 17.3 Å². The molecule has 4 bridgehead atoms. The molecule has 0 fully saturated rings. The van der Waals surface area contributed by atoms with Crippen molar-refractivity contribution in [2.24, 2.45) is 30.0 Å². The average molecular weight is 867 g/mol. The van der Waals surface area contributed by atoms with E-state index in [-0.39, 0.29) is 30.3 Å². The first kappa shape index (κ1) is 39.8. The van der Waals surface area contributed by atoms with Crippen LogP contribution in [0.25, 0.3) is 22.4 Å². The molecule has 0 radical (unpaired) electrons. The molecule has 11 nitrogen and oxygen atoms in total. The highest BCUT2D eigenvalue weighted by molar-refractivity contribution is 14.2. The SMILES string of the molecule is COC(=O)C(C)Cc1cccc([C@@]2(C)CCCCC(C)(C)/C(N)=C/N(N)Cc3c(c(F)cc4[nH]ccc34)C(OPI)c3ccnc(c3)-c3nc2nn3C)c1. The number of nitrogens with one attached hydrogen (secondary N) is 1. The van der Waals surface area contributed by atoms with Crippen LogP contribution in [0.1, 0.15) is 93.1 Å². The molecule has 1 aliphatic heterocycles. The predicted molar refractivity (Wildman–Crippen MR) is 220 cm³/mol. The molecule has 0 spiro atoms. The Morgan fingerprint density at radius 1 is 1.17 bits per heavy atom. The number of hydrazine groups is 1. The minimum absolute atomic E-state index is 0.0337. The highest BCUT2D eigenvalue weighted by Gasteiger charge is 2.35. The number of halogens is 2. The van der Waals surface area contributed by atoms with E-state index in [9.17, 15) is 4.79 Å². The van der Waals surface area contributed by atoms with Gasteiger partial charge < -0.3 is 25.0 Å². The molecule has 3 unspecified atom stereocenters. The van der Waals surface area contributed by atoms with E-state index in [2.05, 4.69) is 59.9 Å². The molecule has 2 aromatic carbocycles. The van der Waals surface area contributed by atoms with Crippen LogP contribution in [0.4, 0.5) is 4.39 Å². The number of allylic oxidation sites excluding steroid dienone is 1. The number of aromatic amines is 1. The molecule has 0 saturated heterocycles. The summed E-state index contributed by atoms with van der Waals surface area (Å²) in [5.41, 5.74) is 11.6. The monoisotopic (exact) mass is 866 g/mol. The van der Waals surface area contributed by atoms with Gasteiger partial charge in [-0.25, -0.2) is 19.9 Å². The number of pyridine rings is 1. The molecule has 5 N–H and O–H groups in total. The lowest BCUT2D eigenvalue weighted by atomic mass is 9.75. The summed E-state index contributed by atoms with van der Waals surface area (Å²) in [6, 6.07) is 15.5. The first-order valence-corrected chi connectivity index (χ1v) is 22.1. The molecular formula is C40H49FIN8O3P. The van der Waals surface area contributed by atoms with Crippen LogP contribution in [0, 0.1) is 17.2 Å². The smallest absolute Gasteiger partial charge is 0.308 e. The molecule has 14 heteroatoms. The van der Waals surface area contributed by atoms with Crippen LogP contribution in [0.3, 0.4) is 0 Å². The number of methoxy groups -OCH3 is 1. The largest absolute Gasteiger partial charge is 0.469 e. The van der Waals surface area contributed by atoms with Crippen molar-refractivity contribution in [2.75, 3.05) is 7.11 Å². The molecule has 4 heterocycles. The lowest BCUT2D eigenvalue weighted by molar-refractivity contribution is -0.144. The van der Waals surface area contributed by atoms with Gasteiger partial charge in [-0.1, -0.05) is 57.9 Å². The van der Waals surface area contributed by atoms with Crippen LogP contribution >= 0.6 is 28.5 Å². The van der Waals surface area contributed by atoms with Crippen LogP contribution < -0.4 is 11.6 Å². The van der Waals surface area contributed by atoms with Gasteiger partial charge in [-0.05, 0) is 94.7 Å². The van der Waals surface area contributed by atoms with Gasteiger partial charge in [0, 0.05) is 53.2 Å². The fraction of sp³-hybridized carbons (Fsp3) is 0.400. The van der Waals surface area contributed by atoms with Crippen LogP contribution in [-0.2, 0) is 39.5 Å². The number of aromatic nitrogens is 5. The Bertz CT molecular complexity index is 2170. The van der Waals surface area contributed by atoms with Crippen molar-refractivity contribution in [1.29, 1.82) is 0 Å². The third-order valence-corrected chi connectivity index (χ3v) is 11.9. The highest BCUT2D eigenvalue weighted by atomic mass is 127. The van der Waals surface area contributed by atoms with E-state index in [1.807, 2.05) is 44.3 Å². The number of fused-ring (bicyclic) bond motifs is 8. The Kier molecular flexibility index (Phi) is 12.1. The summed E-state index contributed by atoms with van der Waals surface area (Å²) in [6.07, 6.45) is 8.38. The number of ether oxygens (including phenoxy) is 1. The third-order valence-electron chi connectivity index (χ3n) is 10.8. The number of nitrogens with two attached hydrogens (primary N) is 2. The van der Waals surface area contributed by atoms with E-state index in [0.29, 0.717) is 46.1 Å². The van der Waals surface area contributed by atoms with Gasteiger partial charge in [0.2, 0.25) is 0 Å². The Balaban J connectivity index is 1.51. The summed E-state index contributed by atoms with van der Waals surface area (Å²) < 4.78 is 29.6. The van der Waals surface area contributed by atoms with Gasteiger partial charge in [0.1, 0.15) is 17.6 Å². The number of carbonyl (C=O) groups excluding carboxylic acids is 1. The van der Waals surface area contributed by atoms with Crippen molar-refractivity contribution in [3.8, 4) is 11.5 Å². The fourth-order valence-electron chi connectivity index (χ4n) is 7.46. The zero-order valence-electron chi connectivity index (χ0n) is 31.6. The molecule has 5 aromatic rings. The first-order chi connectivity index (χ1) is 25.7. The van der Waals surface area contributed by atoms with Crippen molar-refractivity contribution in [3.63, 3.8) is 0 Å². The van der Waals surface area contributed by atoms with Crippen molar-refractivity contribution in [2.45, 2.75) is 77.9 Å². The minimum atomic E-state index is -0.766. The maximum Gasteiger partial charge on any atom is 0.308 e. The summed E-state index contributed by atoms with van der Waals surface area (Å²) in [4.78, 5) is 25.4. The Morgan fingerprint density at radius 3 is 2.70 bits per heavy atom. The van der Waals surface area contributed by atoms with Gasteiger partial charge >= 0.3 is 5.97 Å². The molecule has 4 atom stereocenters. The number of esters is 1. The second kappa shape index (κ2) is 16.4. The molecule has 3 aromatic heterocycles. The zero-order valence-corrected chi connectivity index (χ0v) is 34.8. The lowest BCUT2D eigenvalue weighted by Crippen LogP contribution is -2.31. The molecule has 1 aliphatic rings.